The average Bonchev–Trinajstić information content (AvgIpc) is 2.27. The van der Waals surface area contributed by atoms with Crippen molar-refractivity contribution in [1.29, 1.82) is 0 Å². The number of ketones is 1. The maximum absolute atomic E-state index is 11.6. The third kappa shape index (κ3) is 5.42. The van der Waals surface area contributed by atoms with Crippen molar-refractivity contribution in [3.63, 3.8) is 0 Å². The van der Waals surface area contributed by atoms with Crippen molar-refractivity contribution in [3.8, 4) is 0 Å². The smallest absolute Gasteiger partial charge is 0.278 e. The highest BCUT2D eigenvalue weighted by Gasteiger charge is 2.15. The summed E-state index contributed by atoms with van der Waals surface area (Å²) in [7, 11) is 0. The lowest BCUT2D eigenvalue weighted by Crippen LogP contribution is -2.15. The van der Waals surface area contributed by atoms with Crippen molar-refractivity contribution in [3.05, 3.63) is 39.9 Å². The van der Waals surface area contributed by atoms with Gasteiger partial charge >= 0.3 is 0 Å². The summed E-state index contributed by atoms with van der Waals surface area (Å²) in [4.78, 5) is 25.9. The molecule has 0 unspecified atom stereocenters. The van der Waals surface area contributed by atoms with Gasteiger partial charge in [0.2, 0.25) is 0 Å². The lowest BCUT2D eigenvalue weighted by atomic mass is 9.90. The van der Waals surface area contributed by atoms with Gasteiger partial charge in [0.25, 0.3) is 5.69 Å². The fourth-order valence-electron chi connectivity index (χ4n) is 1.66. The van der Waals surface area contributed by atoms with E-state index in [9.17, 15) is 14.9 Å². The molecule has 0 fully saturated rings. The average molecular weight is 262 g/mol. The second-order valence-corrected chi connectivity index (χ2v) is 5.56. The fraction of sp³-hybridized carbons (Fsp3) is 0.429. The number of nitro groups is 1. The van der Waals surface area contributed by atoms with Crippen molar-refractivity contribution in [1.82, 2.24) is 0 Å². The van der Waals surface area contributed by atoms with Gasteiger partial charge in [0.15, 0.2) is 5.78 Å². The zero-order valence-electron chi connectivity index (χ0n) is 11.4. The first-order valence-corrected chi connectivity index (χ1v) is 6.04. The number of Topliss-reactive ketones (excluding diaryl/α,β-unsaturated/α-hetero) is 1. The molecule has 5 heteroatoms. The summed E-state index contributed by atoms with van der Waals surface area (Å²) in [6.45, 7) is 6.01. The number of hydrogen-bond acceptors (Lipinski definition) is 4. The largest absolute Gasteiger partial charge is 0.298 e. The first kappa shape index (κ1) is 15.0. The Labute approximate surface area is 112 Å². The lowest BCUT2D eigenvalue weighted by molar-refractivity contribution is -0.385. The van der Waals surface area contributed by atoms with Gasteiger partial charge in [0, 0.05) is 18.7 Å². The van der Waals surface area contributed by atoms with Crippen LogP contribution in [0.4, 0.5) is 5.69 Å². The van der Waals surface area contributed by atoms with Gasteiger partial charge in [-0.1, -0.05) is 32.9 Å². The van der Waals surface area contributed by atoms with Gasteiger partial charge < -0.3 is 0 Å². The molecule has 0 amide bonds. The summed E-state index contributed by atoms with van der Waals surface area (Å²) in [5.74, 6) is 0.0299. The SMILES string of the molecule is CC(C)(C)CC(=O)CN=Cc1ccccc1[N+](=O)[O-]. The summed E-state index contributed by atoms with van der Waals surface area (Å²) < 4.78 is 0. The highest BCUT2D eigenvalue weighted by molar-refractivity contribution is 5.88. The minimum absolute atomic E-state index is 0.00507. The van der Waals surface area contributed by atoms with E-state index in [2.05, 4.69) is 4.99 Å². The maximum atomic E-state index is 11.6. The summed E-state index contributed by atoms with van der Waals surface area (Å²) in [6, 6.07) is 6.32. The Bertz CT molecular complexity index is 502. The van der Waals surface area contributed by atoms with Crippen LogP contribution >= 0.6 is 0 Å². The first-order chi connectivity index (χ1) is 8.79. The molecule has 0 aromatic heterocycles. The third-order valence-electron chi connectivity index (χ3n) is 2.36. The second kappa shape index (κ2) is 6.22. The van der Waals surface area contributed by atoms with Crippen molar-refractivity contribution in [2.45, 2.75) is 27.2 Å². The molecule has 0 atom stereocenters. The van der Waals surface area contributed by atoms with Crippen molar-refractivity contribution < 1.29 is 9.72 Å². The Morgan fingerprint density at radius 1 is 1.37 bits per heavy atom. The fourth-order valence-corrected chi connectivity index (χ4v) is 1.66. The van der Waals surface area contributed by atoms with E-state index < -0.39 is 4.92 Å². The minimum Gasteiger partial charge on any atom is -0.298 e. The molecule has 0 saturated heterocycles. The molecule has 102 valence electrons. The van der Waals surface area contributed by atoms with Crippen LogP contribution in [0.15, 0.2) is 29.3 Å². The highest BCUT2D eigenvalue weighted by atomic mass is 16.6. The quantitative estimate of drug-likeness (QED) is 0.465. The molecule has 0 radical (unpaired) electrons. The predicted octanol–water partition coefficient (Wildman–Crippen LogP) is 3.02. The second-order valence-electron chi connectivity index (χ2n) is 5.56. The molecule has 0 bridgehead atoms. The summed E-state index contributed by atoms with van der Waals surface area (Å²) >= 11 is 0. The van der Waals surface area contributed by atoms with E-state index in [1.165, 1.54) is 12.3 Å². The molecule has 0 heterocycles. The van der Waals surface area contributed by atoms with Crippen LogP contribution in [-0.4, -0.2) is 23.5 Å². The van der Waals surface area contributed by atoms with Crippen LogP contribution in [0.25, 0.3) is 0 Å². The number of nitrogens with zero attached hydrogens (tertiary/aromatic N) is 2. The van der Waals surface area contributed by atoms with E-state index in [1.54, 1.807) is 18.2 Å². The molecular formula is C14H18N2O3. The van der Waals surface area contributed by atoms with E-state index in [-0.39, 0.29) is 23.4 Å². The topological polar surface area (TPSA) is 72.6 Å². The molecule has 0 N–H and O–H groups in total. The molecular weight excluding hydrogens is 244 g/mol. The number of rotatable bonds is 5. The number of hydrogen-bond donors (Lipinski definition) is 0. The van der Waals surface area contributed by atoms with E-state index in [0.717, 1.165) is 0 Å². The Hall–Kier alpha value is -2.04. The highest BCUT2D eigenvalue weighted by Crippen LogP contribution is 2.19. The number of benzene rings is 1. The standard InChI is InChI=1S/C14H18N2O3/c1-14(2,3)8-12(17)10-15-9-11-6-4-5-7-13(11)16(18)19/h4-7,9H,8,10H2,1-3H3. The van der Waals surface area contributed by atoms with Crippen molar-refractivity contribution in [2.75, 3.05) is 6.54 Å². The number of para-hydroxylation sites is 1. The third-order valence-corrected chi connectivity index (χ3v) is 2.36. The number of nitro benzene ring substituents is 1. The molecule has 1 aromatic rings. The summed E-state index contributed by atoms with van der Waals surface area (Å²) in [5.41, 5.74) is 0.344. The van der Waals surface area contributed by atoms with Crippen molar-refractivity contribution in [2.24, 2.45) is 10.4 Å². The van der Waals surface area contributed by atoms with Gasteiger partial charge in [-0.05, 0) is 11.5 Å². The molecule has 0 aliphatic heterocycles. The van der Waals surface area contributed by atoms with E-state index in [0.29, 0.717) is 12.0 Å². The molecule has 5 nitrogen and oxygen atoms in total. The molecule has 0 aliphatic carbocycles. The van der Waals surface area contributed by atoms with Crippen molar-refractivity contribution >= 4 is 17.7 Å². The van der Waals surface area contributed by atoms with E-state index >= 15 is 0 Å². The minimum atomic E-state index is -0.460. The molecule has 0 saturated carbocycles. The van der Waals surface area contributed by atoms with Gasteiger partial charge in [-0.3, -0.25) is 19.9 Å². The van der Waals surface area contributed by atoms with Crippen LogP contribution in [-0.2, 0) is 4.79 Å². The van der Waals surface area contributed by atoms with Crippen LogP contribution < -0.4 is 0 Å². The Morgan fingerprint density at radius 2 is 2.00 bits per heavy atom. The van der Waals surface area contributed by atoms with Crippen LogP contribution in [0.5, 0.6) is 0 Å². The van der Waals surface area contributed by atoms with E-state index in [1.807, 2.05) is 20.8 Å². The maximum Gasteiger partial charge on any atom is 0.278 e. The van der Waals surface area contributed by atoms with Crippen LogP contribution in [0.1, 0.15) is 32.8 Å². The summed E-state index contributed by atoms with van der Waals surface area (Å²) in [6.07, 6.45) is 1.83. The van der Waals surface area contributed by atoms with Crippen LogP contribution in [0.2, 0.25) is 0 Å². The normalized spacial score (nSPS) is 11.7. The molecule has 1 aromatic carbocycles. The van der Waals surface area contributed by atoms with E-state index in [4.69, 9.17) is 0 Å². The number of carbonyl (C=O) groups excluding carboxylic acids is 1. The lowest BCUT2D eigenvalue weighted by Gasteiger charge is -2.15. The summed E-state index contributed by atoms with van der Waals surface area (Å²) in [5, 5.41) is 10.8. The van der Waals surface area contributed by atoms with Gasteiger partial charge in [-0.25, -0.2) is 0 Å². The first-order valence-electron chi connectivity index (χ1n) is 6.04. The Morgan fingerprint density at radius 3 is 2.58 bits per heavy atom. The zero-order chi connectivity index (χ0) is 14.5. The number of carbonyl (C=O) groups is 1. The zero-order valence-corrected chi connectivity index (χ0v) is 11.4. The monoisotopic (exact) mass is 262 g/mol. The molecule has 0 spiro atoms. The molecule has 19 heavy (non-hydrogen) atoms. The number of aliphatic imine (C=N–C) groups is 1. The Kier molecular flexibility index (Phi) is 4.92. The van der Waals surface area contributed by atoms with Gasteiger partial charge in [-0.2, -0.15) is 0 Å². The predicted molar refractivity (Wildman–Crippen MR) is 74.6 cm³/mol. The van der Waals surface area contributed by atoms with Gasteiger partial charge in [-0.15, -0.1) is 0 Å². The van der Waals surface area contributed by atoms with Gasteiger partial charge in [0.1, 0.15) is 0 Å². The van der Waals surface area contributed by atoms with Crippen LogP contribution in [0.3, 0.4) is 0 Å². The van der Waals surface area contributed by atoms with Crippen LogP contribution in [0, 0.1) is 15.5 Å². The molecule has 1 rings (SSSR count). The molecule has 0 aliphatic rings. The van der Waals surface area contributed by atoms with Gasteiger partial charge in [0.05, 0.1) is 17.0 Å². The Balaban J connectivity index is 2.68.